The van der Waals surface area contributed by atoms with Gasteiger partial charge in [0.15, 0.2) is 0 Å². The summed E-state index contributed by atoms with van der Waals surface area (Å²) in [5.74, 6) is -0.753. The zero-order valence-corrected chi connectivity index (χ0v) is 15.0. The summed E-state index contributed by atoms with van der Waals surface area (Å²) in [4.78, 5) is 14.8. The summed E-state index contributed by atoms with van der Waals surface area (Å²) < 4.78 is 44.3. The zero-order chi connectivity index (χ0) is 18.0. The van der Waals surface area contributed by atoms with Crippen molar-refractivity contribution in [1.82, 2.24) is 9.62 Å². The average Bonchev–Trinajstić information content (AvgIpc) is 2.97. The van der Waals surface area contributed by atoms with Gasteiger partial charge in [-0.25, -0.2) is 17.5 Å². The van der Waals surface area contributed by atoms with E-state index < -0.39 is 10.0 Å². The maximum atomic E-state index is 13.2. The Morgan fingerprint density at radius 1 is 1.20 bits per heavy atom. The number of ether oxygens (including phenoxy) is 1. The third kappa shape index (κ3) is 4.56. The number of benzene rings is 1. The maximum Gasteiger partial charge on any atom is 0.226 e. The van der Waals surface area contributed by atoms with Gasteiger partial charge in [0.05, 0.1) is 19.5 Å². The summed E-state index contributed by atoms with van der Waals surface area (Å²) in [7, 11) is -3.35. The number of hydrogen-bond acceptors (Lipinski definition) is 4. The summed E-state index contributed by atoms with van der Waals surface area (Å²) in [6.07, 6.45) is 2.10. The normalized spacial score (nSPS) is 27.4. The molecule has 2 fully saturated rings. The van der Waals surface area contributed by atoms with E-state index in [0.717, 1.165) is 11.8 Å². The van der Waals surface area contributed by atoms with Gasteiger partial charge in [-0.05, 0) is 36.5 Å². The molecule has 3 atom stereocenters. The number of carbonyl (C=O) groups excluding carboxylic acids is 1. The van der Waals surface area contributed by atoms with Crippen molar-refractivity contribution in [3.63, 3.8) is 0 Å². The fourth-order valence-electron chi connectivity index (χ4n) is 3.81. The minimum Gasteiger partial charge on any atom is -0.378 e. The Balaban J connectivity index is 1.82. The van der Waals surface area contributed by atoms with E-state index in [2.05, 4.69) is 4.72 Å². The molecule has 1 aliphatic heterocycles. The monoisotopic (exact) mass is 370 g/mol. The van der Waals surface area contributed by atoms with E-state index in [1.165, 1.54) is 12.1 Å². The number of amides is 1. The van der Waals surface area contributed by atoms with Crippen molar-refractivity contribution < 1.29 is 22.3 Å². The average molecular weight is 370 g/mol. The molecule has 1 saturated carbocycles. The molecule has 0 spiro atoms. The molecule has 138 valence electrons. The lowest BCUT2D eigenvalue weighted by atomic mass is 9.88. The molecule has 25 heavy (non-hydrogen) atoms. The standard InChI is InChI=1S/C17H23FN2O4S/c1-25(22,23)19-14-10-15(12-2-4-13(18)5-3-12)16(11-14)17(21)20-6-8-24-9-7-20/h2-5,14-16,19H,6-11H2,1H3/t14-,15+,16-/m0/s1. The van der Waals surface area contributed by atoms with Crippen molar-refractivity contribution in [2.24, 2.45) is 5.92 Å². The molecule has 2 aliphatic rings. The second-order valence-corrected chi connectivity index (χ2v) is 8.54. The second-order valence-electron chi connectivity index (χ2n) is 6.76. The molecular formula is C17H23FN2O4S. The zero-order valence-electron chi connectivity index (χ0n) is 14.2. The molecule has 0 unspecified atom stereocenters. The topological polar surface area (TPSA) is 75.7 Å². The van der Waals surface area contributed by atoms with Gasteiger partial charge in [-0.2, -0.15) is 0 Å². The predicted octanol–water partition coefficient (Wildman–Crippen LogP) is 1.10. The Bertz CT molecular complexity index is 717. The molecule has 8 heteroatoms. The summed E-state index contributed by atoms with van der Waals surface area (Å²) in [6.45, 7) is 2.14. The predicted molar refractivity (Wildman–Crippen MR) is 91.0 cm³/mol. The third-order valence-electron chi connectivity index (χ3n) is 4.88. The van der Waals surface area contributed by atoms with Crippen molar-refractivity contribution in [1.29, 1.82) is 0 Å². The Morgan fingerprint density at radius 3 is 2.44 bits per heavy atom. The quantitative estimate of drug-likeness (QED) is 0.861. The van der Waals surface area contributed by atoms with E-state index in [0.29, 0.717) is 39.1 Å². The number of carbonyl (C=O) groups is 1. The van der Waals surface area contributed by atoms with Gasteiger partial charge in [-0.3, -0.25) is 4.79 Å². The van der Waals surface area contributed by atoms with Crippen LogP contribution in [0.3, 0.4) is 0 Å². The van der Waals surface area contributed by atoms with Crippen molar-refractivity contribution in [2.45, 2.75) is 24.8 Å². The Labute approximate surface area is 147 Å². The molecule has 0 bridgehead atoms. The van der Waals surface area contributed by atoms with E-state index >= 15 is 0 Å². The molecule has 0 aromatic heterocycles. The molecule has 0 radical (unpaired) electrons. The van der Waals surface area contributed by atoms with E-state index in [-0.39, 0.29) is 29.6 Å². The van der Waals surface area contributed by atoms with Crippen molar-refractivity contribution >= 4 is 15.9 Å². The lowest BCUT2D eigenvalue weighted by Crippen LogP contribution is -2.44. The van der Waals surface area contributed by atoms with Crippen LogP contribution < -0.4 is 4.72 Å². The van der Waals surface area contributed by atoms with Gasteiger partial charge in [0.25, 0.3) is 0 Å². The van der Waals surface area contributed by atoms with Gasteiger partial charge < -0.3 is 9.64 Å². The maximum absolute atomic E-state index is 13.2. The van der Waals surface area contributed by atoms with Gasteiger partial charge >= 0.3 is 0 Å². The molecular weight excluding hydrogens is 347 g/mol. The summed E-state index contributed by atoms with van der Waals surface area (Å²) in [6, 6.07) is 5.83. The number of halogens is 1. The molecule has 1 saturated heterocycles. The van der Waals surface area contributed by atoms with Crippen LogP contribution in [0.15, 0.2) is 24.3 Å². The van der Waals surface area contributed by atoms with Crippen molar-refractivity contribution in [3.8, 4) is 0 Å². The van der Waals surface area contributed by atoms with E-state index in [4.69, 9.17) is 4.74 Å². The van der Waals surface area contributed by atoms with Crippen LogP contribution in [0.4, 0.5) is 4.39 Å². The number of morpholine rings is 1. The van der Waals surface area contributed by atoms with Crippen LogP contribution >= 0.6 is 0 Å². The van der Waals surface area contributed by atoms with Gasteiger partial charge in [-0.1, -0.05) is 12.1 Å². The molecule has 1 N–H and O–H groups in total. The first-order chi connectivity index (χ1) is 11.8. The smallest absolute Gasteiger partial charge is 0.226 e. The van der Waals surface area contributed by atoms with Crippen LogP contribution in [0.5, 0.6) is 0 Å². The number of hydrogen-bond donors (Lipinski definition) is 1. The first kappa shape index (κ1) is 18.3. The minimum atomic E-state index is -3.35. The van der Waals surface area contributed by atoms with Crippen molar-refractivity contribution in [3.05, 3.63) is 35.6 Å². The SMILES string of the molecule is CS(=O)(=O)N[C@@H]1C[C@H](C(=O)N2CCOCC2)[C@@H](c2ccc(F)cc2)C1. The molecule has 1 aromatic carbocycles. The van der Waals surface area contributed by atoms with Gasteiger partial charge in [-0.15, -0.1) is 0 Å². The fraction of sp³-hybridized carbons (Fsp3) is 0.588. The molecule has 1 aromatic rings. The second kappa shape index (κ2) is 7.39. The summed E-state index contributed by atoms with van der Waals surface area (Å²) in [5.41, 5.74) is 0.866. The molecule has 1 heterocycles. The highest BCUT2D eigenvalue weighted by Gasteiger charge is 2.42. The third-order valence-corrected chi connectivity index (χ3v) is 5.64. The Morgan fingerprint density at radius 2 is 1.84 bits per heavy atom. The number of sulfonamides is 1. The fourth-order valence-corrected chi connectivity index (χ4v) is 4.60. The van der Waals surface area contributed by atoms with Crippen LogP contribution in [-0.2, 0) is 19.6 Å². The van der Waals surface area contributed by atoms with E-state index in [9.17, 15) is 17.6 Å². The highest BCUT2D eigenvalue weighted by atomic mass is 32.2. The number of rotatable bonds is 4. The van der Waals surface area contributed by atoms with Crippen LogP contribution in [0.1, 0.15) is 24.3 Å². The van der Waals surface area contributed by atoms with E-state index in [1.807, 2.05) is 0 Å². The number of nitrogens with one attached hydrogen (secondary N) is 1. The van der Waals surface area contributed by atoms with Crippen LogP contribution in [0.25, 0.3) is 0 Å². The highest BCUT2D eigenvalue weighted by molar-refractivity contribution is 7.88. The molecule has 3 rings (SSSR count). The van der Waals surface area contributed by atoms with Crippen molar-refractivity contribution in [2.75, 3.05) is 32.6 Å². The lowest BCUT2D eigenvalue weighted by Gasteiger charge is -2.31. The van der Waals surface area contributed by atoms with Gasteiger partial charge in [0, 0.05) is 25.0 Å². The first-order valence-corrected chi connectivity index (χ1v) is 10.3. The lowest BCUT2D eigenvalue weighted by molar-refractivity contribution is -0.140. The Hall–Kier alpha value is -1.51. The van der Waals surface area contributed by atoms with Crippen LogP contribution in [0.2, 0.25) is 0 Å². The molecule has 1 amide bonds. The van der Waals surface area contributed by atoms with Gasteiger partial charge in [0.1, 0.15) is 5.82 Å². The van der Waals surface area contributed by atoms with E-state index in [1.54, 1.807) is 17.0 Å². The Kier molecular flexibility index (Phi) is 5.41. The number of nitrogens with zero attached hydrogens (tertiary/aromatic N) is 1. The highest BCUT2D eigenvalue weighted by Crippen LogP contribution is 2.41. The largest absolute Gasteiger partial charge is 0.378 e. The minimum absolute atomic E-state index is 0.0235. The van der Waals surface area contributed by atoms with Crippen LogP contribution in [0, 0.1) is 11.7 Å². The molecule has 1 aliphatic carbocycles. The first-order valence-electron chi connectivity index (χ1n) is 8.43. The van der Waals surface area contributed by atoms with Gasteiger partial charge in [0.2, 0.25) is 15.9 Å². The van der Waals surface area contributed by atoms with Crippen LogP contribution in [-0.4, -0.2) is 57.8 Å². The summed E-state index contributed by atoms with van der Waals surface area (Å²) in [5, 5.41) is 0. The summed E-state index contributed by atoms with van der Waals surface area (Å²) >= 11 is 0. The molecule has 6 nitrogen and oxygen atoms in total.